The quantitative estimate of drug-likeness (QED) is 0.335. The summed E-state index contributed by atoms with van der Waals surface area (Å²) in [4.78, 5) is 12.6. The molecule has 0 unspecified atom stereocenters. The van der Waals surface area contributed by atoms with Crippen LogP contribution in [-0.2, 0) is 13.2 Å². The van der Waals surface area contributed by atoms with Crippen LogP contribution in [-0.4, -0.2) is 22.7 Å². The Morgan fingerprint density at radius 1 is 1.21 bits per heavy atom. The highest BCUT2D eigenvalue weighted by Crippen LogP contribution is 2.24. The maximum Gasteiger partial charge on any atom is 0.205 e. The summed E-state index contributed by atoms with van der Waals surface area (Å²) in [6, 6.07) is 13.7. The fourth-order valence-electron chi connectivity index (χ4n) is 2.91. The lowest BCUT2D eigenvalue weighted by Crippen LogP contribution is -2.07. The molecule has 3 aromatic rings. The van der Waals surface area contributed by atoms with E-state index in [1.165, 1.54) is 5.56 Å². The SMILES string of the molecule is CCn1ncc(Br)c1C(=O)/C=C/c1ccc(OC)c(COc2ccc(C)cc2)c1. The summed E-state index contributed by atoms with van der Waals surface area (Å²) in [6.07, 6.45) is 4.98. The van der Waals surface area contributed by atoms with E-state index in [1.807, 2.05) is 56.3 Å². The molecule has 29 heavy (non-hydrogen) atoms. The van der Waals surface area contributed by atoms with E-state index >= 15 is 0 Å². The number of carbonyl (C=O) groups excluding carboxylic acids is 1. The zero-order valence-electron chi connectivity index (χ0n) is 16.7. The van der Waals surface area contributed by atoms with Gasteiger partial charge in [-0.05, 0) is 65.7 Å². The van der Waals surface area contributed by atoms with Crippen LogP contribution < -0.4 is 9.47 Å². The molecule has 0 saturated carbocycles. The molecule has 1 heterocycles. The summed E-state index contributed by atoms with van der Waals surface area (Å²) in [5.74, 6) is 1.43. The summed E-state index contributed by atoms with van der Waals surface area (Å²) < 4.78 is 13.7. The number of rotatable bonds is 8. The molecule has 0 bridgehead atoms. The van der Waals surface area contributed by atoms with Gasteiger partial charge in [-0.25, -0.2) is 0 Å². The van der Waals surface area contributed by atoms with Crippen LogP contribution in [0.25, 0.3) is 6.08 Å². The summed E-state index contributed by atoms with van der Waals surface area (Å²) in [5, 5.41) is 4.19. The van der Waals surface area contributed by atoms with Crippen molar-refractivity contribution in [3.05, 3.63) is 81.6 Å². The number of carbonyl (C=O) groups is 1. The Morgan fingerprint density at radius 3 is 2.66 bits per heavy atom. The molecule has 1 aromatic heterocycles. The Hall–Kier alpha value is -2.86. The van der Waals surface area contributed by atoms with Crippen LogP contribution >= 0.6 is 15.9 Å². The molecule has 0 spiro atoms. The second-order valence-corrected chi connectivity index (χ2v) is 7.38. The van der Waals surface area contributed by atoms with E-state index in [0.29, 0.717) is 23.3 Å². The number of benzene rings is 2. The van der Waals surface area contributed by atoms with E-state index in [2.05, 4.69) is 21.0 Å². The molecule has 2 aromatic carbocycles. The maximum absolute atomic E-state index is 12.6. The average molecular weight is 455 g/mol. The molecule has 0 atom stereocenters. The Bertz CT molecular complexity index is 1020. The van der Waals surface area contributed by atoms with E-state index in [0.717, 1.165) is 22.6 Å². The Kier molecular flexibility index (Phi) is 6.88. The number of halogens is 1. The molecule has 0 radical (unpaired) electrons. The van der Waals surface area contributed by atoms with E-state index in [-0.39, 0.29) is 5.78 Å². The monoisotopic (exact) mass is 454 g/mol. The number of aryl methyl sites for hydroxylation is 2. The lowest BCUT2D eigenvalue weighted by atomic mass is 10.1. The van der Waals surface area contributed by atoms with Gasteiger partial charge in [-0.3, -0.25) is 9.48 Å². The molecule has 0 fully saturated rings. The van der Waals surface area contributed by atoms with Gasteiger partial charge < -0.3 is 9.47 Å². The van der Waals surface area contributed by atoms with Crippen molar-refractivity contribution in [1.82, 2.24) is 9.78 Å². The number of ether oxygens (including phenoxy) is 2. The normalized spacial score (nSPS) is 11.0. The third-order valence-corrected chi connectivity index (χ3v) is 5.05. The first kappa shape index (κ1) is 20.9. The van der Waals surface area contributed by atoms with Gasteiger partial charge in [0.2, 0.25) is 5.78 Å². The van der Waals surface area contributed by atoms with Gasteiger partial charge in [0.1, 0.15) is 23.8 Å². The van der Waals surface area contributed by atoms with Gasteiger partial charge in [0, 0.05) is 12.1 Å². The summed E-state index contributed by atoms with van der Waals surface area (Å²) in [7, 11) is 1.63. The molecular formula is C23H23BrN2O3. The van der Waals surface area contributed by atoms with Crippen molar-refractivity contribution >= 4 is 27.8 Å². The van der Waals surface area contributed by atoms with E-state index < -0.39 is 0 Å². The minimum Gasteiger partial charge on any atom is -0.496 e. The first-order chi connectivity index (χ1) is 14.0. The highest BCUT2D eigenvalue weighted by atomic mass is 79.9. The molecule has 0 aliphatic rings. The number of allylic oxidation sites excluding steroid dienone is 1. The molecule has 5 nitrogen and oxygen atoms in total. The summed E-state index contributed by atoms with van der Waals surface area (Å²) in [5.41, 5.74) is 3.52. The van der Waals surface area contributed by atoms with E-state index in [4.69, 9.17) is 9.47 Å². The number of ketones is 1. The smallest absolute Gasteiger partial charge is 0.205 e. The van der Waals surface area contributed by atoms with E-state index in [9.17, 15) is 4.79 Å². The fourth-order valence-corrected chi connectivity index (χ4v) is 3.40. The Labute approximate surface area is 179 Å². The largest absolute Gasteiger partial charge is 0.496 e. The molecule has 6 heteroatoms. The van der Waals surface area contributed by atoms with Crippen molar-refractivity contribution in [3.8, 4) is 11.5 Å². The topological polar surface area (TPSA) is 53.4 Å². The molecule has 0 aliphatic carbocycles. The molecule has 150 valence electrons. The van der Waals surface area contributed by atoms with Gasteiger partial charge >= 0.3 is 0 Å². The van der Waals surface area contributed by atoms with Crippen molar-refractivity contribution in [2.45, 2.75) is 27.0 Å². The maximum atomic E-state index is 12.6. The predicted octanol–water partition coefficient (Wildman–Crippen LogP) is 5.46. The number of hydrogen-bond acceptors (Lipinski definition) is 4. The van der Waals surface area contributed by atoms with Crippen LogP contribution in [0.1, 0.15) is 34.1 Å². The molecular weight excluding hydrogens is 432 g/mol. The molecule has 0 N–H and O–H groups in total. The highest BCUT2D eigenvalue weighted by molar-refractivity contribution is 9.10. The second kappa shape index (κ2) is 9.56. The third kappa shape index (κ3) is 5.15. The van der Waals surface area contributed by atoms with Crippen molar-refractivity contribution < 1.29 is 14.3 Å². The van der Waals surface area contributed by atoms with Crippen LogP contribution in [0.5, 0.6) is 11.5 Å². The standard InChI is InChI=1S/C23H23BrN2O3/c1-4-26-23(20(24)14-25-26)21(27)11-7-17-8-12-22(28-3)18(13-17)15-29-19-9-5-16(2)6-10-19/h5-14H,4,15H2,1-3H3/b11-7+. The lowest BCUT2D eigenvalue weighted by molar-refractivity contribution is 0.103. The summed E-state index contributed by atoms with van der Waals surface area (Å²) in [6.45, 7) is 4.99. The minimum atomic E-state index is -0.107. The van der Waals surface area contributed by atoms with Gasteiger partial charge in [0.05, 0.1) is 17.8 Å². The molecule has 0 aliphatic heterocycles. The van der Waals surface area contributed by atoms with Crippen molar-refractivity contribution in [2.75, 3.05) is 7.11 Å². The lowest BCUT2D eigenvalue weighted by Gasteiger charge is -2.11. The third-order valence-electron chi connectivity index (χ3n) is 4.47. The fraction of sp³-hybridized carbons (Fsp3) is 0.217. The number of hydrogen-bond donors (Lipinski definition) is 0. The number of nitrogens with zero attached hydrogens (tertiary/aromatic N) is 2. The van der Waals surface area contributed by atoms with Gasteiger partial charge in [-0.1, -0.05) is 29.8 Å². The number of aromatic nitrogens is 2. The molecule has 3 rings (SSSR count). The Morgan fingerprint density at radius 2 is 1.97 bits per heavy atom. The van der Waals surface area contributed by atoms with Gasteiger partial charge in [0.25, 0.3) is 0 Å². The van der Waals surface area contributed by atoms with Gasteiger partial charge in [-0.15, -0.1) is 0 Å². The molecule has 0 amide bonds. The second-order valence-electron chi connectivity index (χ2n) is 6.53. The number of methoxy groups -OCH3 is 1. The minimum absolute atomic E-state index is 0.107. The zero-order chi connectivity index (χ0) is 20.8. The van der Waals surface area contributed by atoms with Crippen molar-refractivity contribution in [1.29, 1.82) is 0 Å². The van der Waals surface area contributed by atoms with Crippen LogP contribution in [0.2, 0.25) is 0 Å². The first-order valence-corrected chi connectivity index (χ1v) is 10.1. The predicted molar refractivity (Wildman–Crippen MR) is 117 cm³/mol. The van der Waals surface area contributed by atoms with Gasteiger partial charge in [-0.2, -0.15) is 5.10 Å². The van der Waals surface area contributed by atoms with E-state index in [1.54, 1.807) is 30.1 Å². The molecule has 0 saturated heterocycles. The first-order valence-electron chi connectivity index (χ1n) is 9.32. The van der Waals surface area contributed by atoms with Crippen LogP contribution in [0.4, 0.5) is 0 Å². The zero-order valence-corrected chi connectivity index (χ0v) is 18.3. The van der Waals surface area contributed by atoms with Crippen molar-refractivity contribution in [3.63, 3.8) is 0 Å². The average Bonchev–Trinajstić information content (AvgIpc) is 3.12. The van der Waals surface area contributed by atoms with Gasteiger partial charge in [0.15, 0.2) is 0 Å². The van der Waals surface area contributed by atoms with Crippen LogP contribution in [0.15, 0.2) is 59.2 Å². The van der Waals surface area contributed by atoms with Crippen LogP contribution in [0, 0.1) is 6.92 Å². The van der Waals surface area contributed by atoms with Crippen molar-refractivity contribution in [2.24, 2.45) is 0 Å². The van der Waals surface area contributed by atoms with Crippen LogP contribution in [0.3, 0.4) is 0 Å². The Balaban J connectivity index is 1.77. The summed E-state index contributed by atoms with van der Waals surface area (Å²) >= 11 is 3.39. The highest BCUT2D eigenvalue weighted by Gasteiger charge is 2.14.